The van der Waals surface area contributed by atoms with Crippen molar-refractivity contribution in [3.63, 3.8) is 0 Å². The Morgan fingerprint density at radius 1 is 1.03 bits per heavy atom. The topological polar surface area (TPSA) is 77.5 Å². The molecule has 1 heterocycles. The molecule has 0 bridgehead atoms. The molecule has 1 N–H and O–H groups in total. The highest BCUT2D eigenvalue weighted by molar-refractivity contribution is 7.14. The first kappa shape index (κ1) is 21.1. The van der Waals surface area contributed by atoms with E-state index in [2.05, 4.69) is 10.3 Å². The van der Waals surface area contributed by atoms with Crippen molar-refractivity contribution in [2.24, 2.45) is 0 Å². The van der Waals surface area contributed by atoms with Crippen molar-refractivity contribution in [2.45, 2.75) is 32.1 Å². The van der Waals surface area contributed by atoms with Crippen LogP contribution in [0.5, 0.6) is 11.5 Å². The summed E-state index contributed by atoms with van der Waals surface area (Å²) in [6, 6.07) is 11.4. The van der Waals surface area contributed by atoms with Crippen molar-refractivity contribution in [3.8, 4) is 22.8 Å². The maximum Gasteiger partial charge on any atom is 0.226 e. The van der Waals surface area contributed by atoms with E-state index in [1.54, 1.807) is 14.2 Å². The lowest BCUT2D eigenvalue weighted by Crippen LogP contribution is -2.13. The van der Waals surface area contributed by atoms with Crippen LogP contribution in [0.1, 0.15) is 40.7 Å². The molecule has 1 aromatic heterocycles. The number of nitrogens with one attached hydrogen (secondary N) is 1. The molecule has 7 heteroatoms. The average molecular weight is 437 g/mol. The quantitative estimate of drug-likeness (QED) is 0.507. The summed E-state index contributed by atoms with van der Waals surface area (Å²) in [5.41, 5.74) is 4.76. The number of aromatic nitrogens is 1. The molecule has 1 amide bonds. The summed E-state index contributed by atoms with van der Waals surface area (Å²) in [4.78, 5) is 29.4. The molecule has 1 aliphatic rings. The Morgan fingerprint density at radius 3 is 2.68 bits per heavy atom. The number of methoxy groups -OCH3 is 2. The lowest BCUT2D eigenvalue weighted by atomic mass is 10.0. The number of carbonyl (C=O) groups is 2. The number of thiazole rings is 1. The van der Waals surface area contributed by atoms with E-state index in [1.165, 1.54) is 22.5 Å². The van der Waals surface area contributed by atoms with E-state index in [4.69, 9.17) is 9.47 Å². The molecule has 6 nitrogen and oxygen atoms in total. The normalized spacial score (nSPS) is 12.3. The second-order valence-electron chi connectivity index (χ2n) is 7.41. The number of nitrogens with zero attached hydrogens (tertiary/aromatic N) is 1. The monoisotopic (exact) mass is 436 g/mol. The first-order chi connectivity index (χ1) is 15.1. The van der Waals surface area contributed by atoms with E-state index in [-0.39, 0.29) is 24.5 Å². The molecule has 0 atom stereocenters. The molecule has 0 fully saturated rings. The van der Waals surface area contributed by atoms with Gasteiger partial charge in [0.1, 0.15) is 11.5 Å². The number of hydrogen-bond acceptors (Lipinski definition) is 6. The Labute approximate surface area is 185 Å². The lowest BCUT2D eigenvalue weighted by molar-refractivity contribution is -0.116. The third-order valence-electron chi connectivity index (χ3n) is 5.43. The highest BCUT2D eigenvalue weighted by Crippen LogP contribution is 2.35. The van der Waals surface area contributed by atoms with Crippen LogP contribution < -0.4 is 14.8 Å². The number of carbonyl (C=O) groups excluding carboxylic acids is 2. The van der Waals surface area contributed by atoms with Crippen LogP contribution in [0.25, 0.3) is 11.3 Å². The summed E-state index contributed by atoms with van der Waals surface area (Å²) in [6.45, 7) is 0. The van der Waals surface area contributed by atoms with E-state index >= 15 is 0 Å². The summed E-state index contributed by atoms with van der Waals surface area (Å²) >= 11 is 1.33. The number of ether oxygens (including phenoxy) is 2. The Morgan fingerprint density at radius 2 is 1.87 bits per heavy atom. The number of hydrogen-bond donors (Lipinski definition) is 1. The molecule has 0 saturated heterocycles. The van der Waals surface area contributed by atoms with Crippen LogP contribution in [-0.4, -0.2) is 30.9 Å². The van der Waals surface area contributed by atoms with Gasteiger partial charge in [-0.3, -0.25) is 9.59 Å². The number of Topliss-reactive ketones (excluding diaryl/α,β-unsaturated/α-hetero) is 1. The van der Waals surface area contributed by atoms with Crippen LogP contribution >= 0.6 is 11.3 Å². The number of benzene rings is 2. The van der Waals surface area contributed by atoms with Gasteiger partial charge < -0.3 is 14.8 Å². The van der Waals surface area contributed by atoms with Crippen molar-refractivity contribution >= 4 is 28.2 Å². The first-order valence-electron chi connectivity index (χ1n) is 10.2. The zero-order valence-electron chi connectivity index (χ0n) is 17.6. The third kappa shape index (κ3) is 4.77. The van der Waals surface area contributed by atoms with E-state index in [0.29, 0.717) is 27.9 Å². The molecule has 0 radical (unpaired) electrons. The van der Waals surface area contributed by atoms with Gasteiger partial charge in [0.05, 0.1) is 19.9 Å². The van der Waals surface area contributed by atoms with Crippen molar-refractivity contribution in [1.29, 1.82) is 0 Å². The van der Waals surface area contributed by atoms with Gasteiger partial charge in [0.25, 0.3) is 0 Å². The molecule has 3 aromatic rings. The molecule has 1 aliphatic carbocycles. The molecule has 160 valence electrons. The minimum Gasteiger partial charge on any atom is -0.497 e. The van der Waals surface area contributed by atoms with Gasteiger partial charge in [-0.25, -0.2) is 4.98 Å². The summed E-state index contributed by atoms with van der Waals surface area (Å²) in [5.74, 6) is 1.13. The van der Waals surface area contributed by atoms with Gasteiger partial charge >= 0.3 is 0 Å². The molecular weight excluding hydrogens is 412 g/mol. The summed E-state index contributed by atoms with van der Waals surface area (Å²) in [7, 11) is 3.20. The molecule has 0 saturated carbocycles. The predicted molar refractivity (Wildman–Crippen MR) is 121 cm³/mol. The number of rotatable bonds is 8. The van der Waals surface area contributed by atoms with Crippen LogP contribution in [0.15, 0.2) is 41.8 Å². The maximum atomic E-state index is 12.5. The van der Waals surface area contributed by atoms with Gasteiger partial charge in [0.2, 0.25) is 5.91 Å². The van der Waals surface area contributed by atoms with Crippen molar-refractivity contribution < 1.29 is 19.1 Å². The zero-order chi connectivity index (χ0) is 21.8. The number of ketones is 1. The SMILES string of the molecule is COc1ccc(OC)c(-c2csc(NC(=O)CCC(=O)c3ccc4c(c3)CCC4)n2)c1. The highest BCUT2D eigenvalue weighted by atomic mass is 32.1. The number of anilines is 1. The van der Waals surface area contributed by atoms with E-state index in [0.717, 1.165) is 24.8 Å². The van der Waals surface area contributed by atoms with Gasteiger partial charge in [0, 0.05) is 29.3 Å². The van der Waals surface area contributed by atoms with Crippen LogP contribution in [0.4, 0.5) is 5.13 Å². The molecule has 4 rings (SSSR count). The van der Waals surface area contributed by atoms with E-state index < -0.39 is 0 Å². The maximum absolute atomic E-state index is 12.5. The number of amides is 1. The molecular formula is C24H24N2O4S. The van der Waals surface area contributed by atoms with Crippen LogP contribution in [0.2, 0.25) is 0 Å². The van der Waals surface area contributed by atoms with Crippen LogP contribution in [0.3, 0.4) is 0 Å². The highest BCUT2D eigenvalue weighted by Gasteiger charge is 2.16. The number of aryl methyl sites for hydroxylation is 2. The smallest absolute Gasteiger partial charge is 0.226 e. The second kappa shape index (κ2) is 9.31. The summed E-state index contributed by atoms with van der Waals surface area (Å²) < 4.78 is 10.7. The van der Waals surface area contributed by atoms with Crippen LogP contribution in [0, 0.1) is 0 Å². The minimum absolute atomic E-state index is 0.00852. The lowest BCUT2D eigenvalue weighted by Gasteiger charge is -2.08. The zero-order valence-corrected chi connectivity index (χ0v) is 18.4. The molecule has 0 spiro atoms. The van der Waals surface area contributed by atoms with Gasteiger partial charge in [0.15, 0.2) is 10.9 Å². The van der Waals surface area contributed by atoms with Gasteiger partial charge in [-0.15, -0.1) is 11.3 Å². The van der Waals surface area contributed by atoms with Gasteiger partial charge in [-0.05, 0) is 54.7 Å². The Hall–Kier alpha value is -3.19. The predicted octanol–water partition coefficient (Wildman–Crippen LogP) is 4.92. The molecule has 0 aliphatic heterocycles. The fourth-order valence-electron chi connectivity index (χ4n) is 3.77. The minimum atomic E-state index is -0.229. The summed E-state index contributed by atoms with van der Waals surface area (Å²) in [5, 5.41) is 5.12. The number of fused-ring (bicyclic) bond motifs is 1. The fourth-order valence-corrected chi connectivity index (χ4v) is 4.49. The third-order valence-corrected chi connectivity index (χ3v) is 6.19. The molecule has 31 heavy (non-hydrogen) atoms. The van der Waals surface area contributed by atoms with E-state index in [9.17, 15) is 9.59 Å². The summed E-state index contributed by atoms with van der Waals surface area (Å²) in [6.07, 6.45) is 3.55. The Balaban J connectivity index is 1.37. The molecule has 2 aromatic carbocycles. The van der Waals surface area contributed by atoms with Crippen molar-refractivity contribution in [2.75, 3.05) is 19.5 Å². The standard InChI is InChI=1S/C24H24N2O4S/c1-29-18-8-10-22(30-2)19(13-18)20-14-31-24(25-20)26-23(28)11-9-21(27)17-7-6-15-4-3-5-16(15)12-17/h6-8,10,12-14H,3-5,9,11H2,1-2H3,(H,25,26,28). The Bertz CT molecular complexity index is 1120. The first-order valence-corrected chi connectivity index (χ1v) is 11.1. The van der Waals surface area contributed by atoms with Crippen LogP contribution in [-0.2, 0) is 17.6 Å². The Kier molecular flexibility index (Phi) is 6.32. The van der Waals surface area contributed by atoms with Crippen molar-refractivity contribution in [3.05, 3.63) is 58.5 Å². The second-order valence-corrected chi connectivity index (χ2v) is 8.27. The van der Waals surface area contributed by atoms with Crippen molar-refractivity contribution in [1.82, 2.24) is 4.98 Å². The largest absolute Gasteiger partial charge is 0.497 e. The van der Waals surface area contributed by atoms with Gasteiger partial charge in [-0.1, -0.05) is 12.1 Å². The average Bonchev–Trinajstić information content (AvgIpc) is 3.45. The fraction of sp³-hybridized carbons (Fsp3) is 0.292. The van der Waals surface area contributed by atoms with Gasteiger partial charge in [-0.2, -0.15) is 0 Å². The van der Waals surface area contributed by atoms with E-state index in [1.807, 2.05) is 41.8 Å². The molecule has 0 unspecified atom stereocenters.